The Bertz CT molecular complexity index is 931. The van der Waals surface area contributed by atoms with Crippen molar-refractivity contribution >= 4 is 17.3 Å². The highest BCUT2D eigenvalue weighted by atomic mass is 32.1. The van der Waals surface area contributed by atoms with Gasteiger partial charge in [0.2, 0.25) is 12.7 Å². The normalized spacial score (nSPS) is 15.6. The van der Waals surface area contributed by atoms with Crippen LogP contribution in [0.5, 0.6) is 17.4 Å². The molecule has 1 aromatic carbocycles. The van der Waals surface area contributed by atoms with Crippen LogP contribution in [0.3, 0.4) is 0 Å². The van der Waals surface area contributed by atoms with E-state index in [0.29, 0.717) is 30.7 Å². The van der Waals surface area contributed by atoms with Crippen LogP contribution in [0.25, 0.3) is 0 Å². The van der Waals surface area contributed by atoms with Crippen LogP contribution in [0, 0.1) is 0 Å². The molecule has 1 saturated heterocycles. The summed E-state index contributed by atoms with van der Waals surface area (Å²) < 4.78 is 16.5. The fourth-order valence-corrected chi connectivity index (χ4v) is 3.89. The summed E-state index contributed by atoms with van der Waals surface area (Å²) in [7, 11) is 0. The number of benzene rings is 1. The molecular formula is C24H30N4O3S. The van der Waals surface area contributed by atoms with Crippen molar-refractivity contribution in [3.63, 3.8) is 0 Å². The molecule has 4 rings (SSSR count). The smallest absolute Gasteiger partial charge is 0.231 e. The Morgan fingerprint density at radius 3 is 2.81 bits per heavy atom. The van der Waals surface area contributed by atoms with Gasteiger partial charge in [-0.25, -0.2) is 4.98 Å². The molecule has 1 aromatic heterocycles. The monoisotopic (exact) mass is 454 g/mol. The topological polar surface area (TPSA) is 67.9 Å². The maximum atomic E-state index is 5.77. The van der Waals surface area contributed by atoms with Crippen LogP contribution in [0.15, 0.2) is 48.7 Å². The number of likely N-dealkylation sites (tertiary alicyclic amines) is 1. The molecule has 7 nitrogen and oxygen atoms in total. The molecule has 32 heavy (non-hydrogen) atoms. The fraction of sp³-hybridized carbons (Fsp3) is 0.417. The predicted molar refractivity (Wildman–Crippen MR) is 128 cm³/mol. The fourth-order valence-electron chi connectivity index (χ4n) is 3.74. The number of piperidine rings is 1. The van der Waals surface area contributed by atoms with Gasteiger partial charge in [-0.2, -0.15) is 0 Å². The molecule has 8 heteroatoms. The van der Waals surface area contributed by atoms with Crippen LogP contribution in [-0.4, -0.2) is 48.0 Å². The summed E-state index contributed by atoms with van der Waals surface area (Å²) in [5.74, 6) is 2.22. The second kappa shape index (κ2) is 11.7. The maximum Gasteiger partial charge on any atom is 0.231 e. The Morgan fingerprint density at radius 1 is 1.03 bits per heavy atom. The number of thiocarbonyl (C=S) groups is 1. The number of rotatable bonds is 9. The Kier molecular flexibility index (Phi) is 8.17. The summed E-state index contributed by atoms with van der Waals surface area (Å²) in [4.78, 5) is 6.81. The van der Waals surface area contributed by atoms with Gasteiger partial charge < -0.3 is 24.8 Å². The van der Waals surface area contributed by atoms with E-state index in [0.717, 1.165) is 23.6 Å². The number of ether oxygens (including phenoxy) is 3. The number of hydrogen-bond acceptors (Lipinski definition) is 6. The van der Waals surface area contributed by atoms with Crippen LogP contribution in [-0.2, 0) is 13.1 Å². The van der Waals surface area contributed by atoms with E-state index >= 15 is 0 Å². The van der Waals surface area contributed by atoms with Crippen LogP contribution in [0.4, 0.5) is 0 Å². The van der Waals surface area contributed by atoms with Gasteiger partial charge in [0.15, 0.2) is 16.6 Å². The lowest BCUT2D eigenvalue weighted by atomic mass is 10.1. The van der Waals surface area contributed by atoms with E-state index in [9.17, 15) is 0 Å². The number of hydrogen-bond donors (Lipinski definition) is 2. The van der Waals surface area contributed by atoms with Crippen LogP contribution in [0.1, 0.15) is 30.4 Å². The first kappa shape index (κ1) is 22.4. The van der Waals surface area contributed by atoms with E-state index in [1.165, 1.54) is 37.9 Å². The minimum atomic E-state index is 0.280. The molecule has 0 bridgehead atoms. The second-order valence-corrected chi connectivity index (χ2v) is 8.28. The average Bonchev–Trinajstić information content (AvgIpc) is 3.29. The molecule has 0 spiro atoms. The summed E-state index contributed by atoms with van der Waals surface area (Å²) in [5.41, 5.74) is 2.33. The Labute approximate surface area is 194 Å². The maximum absolute atomic E-state index is 5.77. The molecule has 0 atom stereocenters. The molecule has 2 aromatic rings. The first-order valence-corrected chi connectivity index (χ1v) is 11.5. The Balaban J connectivity index is 1.11. The van der Waals surface area contributed by atoms with Crippen LogP contribution in [0.2, 0.25) is 0 Å². The number of nitrogens with one attached hydrogen (secondary N) is 2. The van der Waals surface area contributed by atoms with Crippen molar-refractivity contribution < 1.29 is 14.2 Å². The van der Waals surface area contributed by atoms with Gasteiger partial charge >= 0.3 is 0 Å². The van der Waals surface area contributed by atoms with E-state index in [1.807, 2.05) is 42.6 Å². The van der Waals surface area contributed by atoms with Crippen LogP contribution < -0.4 is 24.8 Å². The molecule has 170 valence electrons. The Hall–Kier alpha value is -2.84. The van der Waals surface area contributed by atoms with Gasteiger partial charge in [0.1, 0.15) is 6.61 Å². The lowest BCUT2D eigenvalue weighted by Gasteiger charge is -2.26. The summed E-state index contributed by atoms with van der Waals surface area (Å²) in [6, 6.07) is 9.98. The zero-order chi connectivity index (χ0) is 22.0. The second-order valence-electron chi connectivity index (χ2n) is 7.87. The highest BCUT2D eigenvalue weighted by Crippen LogP contribution is 2.32. The van der Waals surface area contributed by atoms with Crippen molar-refractivity contribution in [2.75, 3.05) is 33.0 Å². The van der Waals surface area contributed by atoms with Gasteiger partial charge in [-0.1, -0.05) is 18.6 Å². The predicted octanol–water partition coefficient (Wildman–Crippen LogP) is 3.40. The van der Waals surface area contributed by atoms with Crippen molar-refractivity contribution in [2.24, 2.45) is 0 Å². The van der Waals surface area contributed by atoms with Crippen molar-refractivity contribution in [2.45, 2.75) is 32.4 Å². The zero-order valence-corrected chi connectivity index (χ0v) is 19.0. The summed E-state index contributed by atoms with van der Waals surface area (Å²) >= 11 is 5.33. The standard InChI is InChI=1S/C24H30N4O3S/c32-24(27-16-19-6-7-21-22(14-19)31-18-30-21)26-9-2-5-13-29-23-15-20(8-10-25-23)17-28-11-3-1-4-12-28/h2,5-8,10,14-15H,1,3-4,9,11-13,16-18H2,(H2,26,27,32)/b5-2-. The zero-order valence-electron chi connectivity index (χ0n) is 18.2. The van der Waals surface area contributed by atoms with Gasteiger partial charge in [0, 0.05) is 31.9 Å². The van der Waals surface area contributed by atoms with Crippen molar-refractivity contribution in [1.82, 2.24) is 20.5 Å². The molecule has 0 unspecified atom stereocenters. The van der Waals surface area contributed by atoms with E-state index < -0.39 is 0 Å². The molecule has 0 amide bonds. The summed E-state index contributed by atoms with van der Waals surface area (Å²) in [6.45, 7) is 5.33. The molecule has 2 aliphatic rings. The molecule has 2 N–H and O–H groups in total. The van der Waals surface area contributed by atoms with E-state index in [2.05, 4.69) is 26.6 Å². The van der Waals surface area contributed by atoms with Crippen molar-refractivity contribution in [1.29, 1.82) is 0 Å². The Morgan fingerprint density at radius 2 is 1.91 bits per heavy atom. The van der Waals surface area contributed by atoms with Gasteiger partial charge in [0.05, 0.1) is 0 Å². The lowest BCUT2D eigenvalue weighted by molar-refractivity contribution is 0.174. The minimum absolute atomic E-state index is 0.280. The summed E-state index contributed by atoms with van der Waals surface area (Å²) in [6.07, 6.45) is 9.72. The number of aromatic nitrogens is 1. The minimum Gasteiger partial charge on any atom is -0.473 e. The van der Waals surface area contributed by atoms with Gasteiger partial charge in [-0.05, 0) is 73.6 Å². The summed E-state index contributed by atoms with van der Waals surface area (Å²) in [5, 5.41) is 6.95. The average molecular weight is 455 g/mol. The van der Waals surface area contributed by atoms with Gasteiger partial charge in [0.25, 0.3) is 0 Å². The lowest BCUT2D eigenvalue weighted by Crippen LogP contribution is -2.34. The third-order valence-electron chi connectivity index (χ3n) is 5.42. The van der Waals surface area contributed by atoms with Crippen LogP contribution >= 0.6 is 12.2 Å². The van der Waals surface area contributed by atoms with Crippen molar-refractivity contribution in [3.05, 3.63) is 59.8 Å². The first-order valence-electron chi connectivity index (χ1n) is 11.1. The first-order chi connectivity index (χ1) is 15.8. The number of nitrogens with zero attached hydrogens (tertiary/aromatic N) is 2. The highest BCUT2D eigenvalue weighted by Gasteiger charge is 2.13. The van der Waals surface area contributed by atoms with Crippen molar-refractivity contribution in [3.8, 4) is 17.4 Å². The quantitative estimate of drug-likeness (QED) is 0.442. The highest BCUT2D eigenvalue weighted by molar-refractivity contribution is 7.80. The van der Waals surface area contributed by atoms with Gasteiger partial charge in [-0.15, -0.1) is 0 Å². The molecule has 0 radical (unpaired) electrons. The largest absolute Gasteiger partial charge is 0.473 e. The van der Waals surface area contributed by atoms with Gasteiger partial charge in [-0.3, -0.25) is 4.90 Å². The molecule has 1 fully saturated rings. The number of fused-ring (bicyclic) bond motifs is 1. The van der Waals surface area contributed by atoms with E-state index in [-0.39, 0.29) is 6.79 Å². The number of pyridine rings is 1. The molecule has 0 aliphatic carbocycles. The molecule has 0 saturated carbocycles. The van der Waals surface area contributed by atoms with E-state index in [4.69, 9.17) is 26.4 Å². The molecular weight excluding hydrogens is 424 g/mol. The SMILES string of the molecule is S=C(NC/C=C\COc1cc(CN2CCCCC2)ccn1)NCc1ccc2c(c1)OCO2. The van der Waals surface area contributed by atoms with E-state index in [1.54, 1.807) is 0 Å². The molecule has 2 aliphatic heterocycles. The molecule has 3 heterocycles. The third-order valence-corrected chi connectivity index (χ3v) is 5.71. The third kappa shape index (κ3) is 6.83.